The van der Waals surface area contributed by atoms with E-state index in [1.54, 1.807) is 30.6 Å². The predicted molar refractivity (Wildman–Crippen MR) is 31.2 cm³/mol. The summed E-state index contributed by atoms with van der Waals surface area (Å²) < 4.78 is 0. The van der Waals surface area contributed by atoms with Crippen LogP contribution in [0.25, 0.3) is 0 Å². The van der Waals surface area contributed by atoms with Gasteiger partial charge in [0.15, 0.2) is 0 Å². The SMILES string of the molecule is O=[C-]c1ccccc1.[Au+]. The fourth-order valence-electron chi connectivity index (χ4n) is 0.506. The van der Waals surface area contributed by atoms with Crippen LogP contribution in [-0.4, -0.2) is 6.29 Å². The van der Waals surface area contributed by atoms with Crippen molar-refractivity contribution in [3.63, 3.8) is 0 Å². The zero-order chi connectivity index (χ0) is 5.82. The molecule has 0 N–H and O–H groups in total. The molecule has 0 saturated carbocycles. The summed E-state index contributed by atoms with van der Waals surface area (Å²) in [6.07, 6.45) is 1.78. The molecule has 0 amide bonds. The van der Waals surface area contributed by atoms with E-state index in [2.05, 4.69) is 0 Å². The van der Waals surface area contributed by atoms with E-state index in [0.29, 0.717) is 5.56 Å². The Bertz CT molecular complexity index is 172. The Morgan fingerprint density at radius 2 is 1.67 bits per heavy atom. The van der Waals surface area contributed by atoms with Crippen molar-refractivity contribution in [2.24, 2.45) is 0 Å². The molecule has 1 aromatic carbocycles. The Morgan fingerprint density at radius 1 is 1.11 bits per heavy atom. The van der Waals surface area contributed by atoms with Crippen LogP contribution in [0.4, 0.5) is 0 Å². The minimum atomic E-state index is 0. The maximum Gasteiger partial charge on any atom is 1.00 e. The van der Waals surface area contributed by atoms with Crippen LogP contribution >= 0.6 is 0 Å². The van der Waals surface area contributed by atoms with Crippen LogP contribution in [0.3, 0.4) is 0 Å². The van der Waals surface area contributed by atoms with E-state index < -0.39 is 0 Å². The predicted octanol–water partition coefficient (Wildman–Crippen LogP) is 1.14. The first-order chi connectivity index (χ1) is 3.93. The van der Waals surface area contributed by atoms with Crippen LogP contribution in [0.5, 0.6) is 0 Å². The van der Waals surface area contributed by atoms with Crippen LogP contribution < -0.4 is 0 Å². The van der Waals surface area contributed by atoms with Gasteiger partial charge in [-0.15, -0.1) is 12.1 Å². The van der Waals surface area contributed by atoms with Crippen LogP contribution in [0, 0.1) is 0 Å². The Labute approximate surface area is 69.6 Å². The van der Waals surface area contributed by atoms with Gasteiger partial charge in [-0.2, -0.15) is 17.7 Å². The van der Waals surface area contributed by atoms with Crippen molar-refractivity contribution in [2.45, 2.75) is 0 Å². The zero-order valence-corrected chi connectivity index (χ0v) is 6.76. The Balaban J connectivity index is 0.000000640. The van der Waals surface area contributed by atoms with Gasteiger partial charge in [0.2, 0.25) is 0 Å². The van der Waals surface area contributed by atoms with Crippen molar-refractivity contribution in [3.05, 3.63) is 35.9 Å². The zero-order valence-electron chi connectivity index (χ0n) is 4.60. The second-order valence-electron chi connectivity index (χ2n) is 1.47. The standard InChI is InChI=1S/C7H5O.Au/c8-6-7-4-2-1-3-5-7;/h1-5H;/q-1;+1. The first-order valence-corrected chi connectivity index (χ1v) is 2.36. The molecule has 0 radical (unpaired) electrons. The normalized spacial score (nSPS) is 7.56. The molecule has 0 aliphatic heterocycles. The molecule has 1 nitrogen and oxygen atoms in total. The molecule has 0 atom stereocenters. The first-order valence-electron chi connectivity index (χ1n) is 2.36. The van der Waals surface area contributed by atoms with Gasteiger partial charge in [-0.25, -0.2) is 0 Å². The maximum atomic E-state index is 9.88. The van der Waals surface area contributed by atoms with Crippen LogP contribution in [-0.2, 0) is 27.2 Å². The summed E-state index contributed by atoms with van der Waals surface area (Å²) in [6, 6.07) is 8.90. The molecule has 0 unspecified atom stereocenters. The maximum absolute atomic E-state index is 9.88. The Kier molecular flexibility index (Phi) is 4.32. The van der Waals surface area contributed by atoms with E-state index in [9.17, 15) is 4.79 Å². The molecule has 0 aliphatic carbocycles. The van der Waals surface area contributed by atoms with Gasteiger partial charge in [-0.05, 0) is 0 Å². The van der Waals surface area contributed by atoms with E-state index in [-0.39, 0.29) is 22.4 Å². The summed E-state index contributed by atoms with van der Waals surface area (Å²) in [6.45, 7) is 0. The minimum absolute atomic E-state index is 0. The quantitative estimate of drug-likeness (QED) is 0.562. The third-order valence-electron chi connectivity index (χ3n) is 0.892. The van der Waals surface area contributed by atoms with Gasteiger partial charge in [0.25, 0.3) is 0 Å². The molecule has 2 heteroatoms. The van der Waals surface area contributed by atoms with Gasteiger partial charge in [-0.1, -0.05) is 6.07 Å². The van der Waals surface area contributed by atoms with Crippen molar-refractivity contribution in [2.75, 3.05) is 0 Å². The minimum Gasteiger partial charge on any atom is -0.376 e. The second-order valence-corrected chi connectivity index (χ2v) is 1.47. The van der Waals surface area contributed by atoms with Crippen molar-refractivity contribution in [1.82, 2.24) is 0 Å². The Morgan fingerprint density at radius 3 is 2.00 bits per heavy atom. The molecule has 0 spiro atoms. The molecule has 0 aromatic heterocycles. The number of rotatable bonds is 1. The van der Waals surface area contributed by atoms with Gasteiger partial charge in [-0.3, -0.25) is 0 Å². The van der Waals surface area contributed by atoms with Gasteiger partial charge < -0.3 is 4.79 Å². The van der Waals surface area contributed by atoms with E-state index in [1.165, 1.54) is 0 Å². The third kappa shape index (κ3) is 2.61. The number of hydrogen-bond donors (Lipinski definition) is 0. The fourth-order valence-corrected chi connectivity index (χ4v) is 0.506. The van der Waals surface area contributed by atoms with Gasteiger partial charge >= 0.3 is 22.4 Å². The van der Waals surface area contributed by atoms with Crippen molar-refractivity contribution < 1.29 is 27.2 Å². The molecular weight excluding hydrogens is 297 g/mol. The van der Waals surface area contributed by atoms with E-state index in [1.807, 2.05) is 6.07 Å². The molecule has 0 saturated heterocycles. The summed E-state index contributed by atoms with van der Waals surface area (Å²) >= 11 is 0. The van der Waals surface area contributed by atoms with Crippen molar-refractivity contribution in [3.8, 4) is 0 Å². The first kappa shape index (κ1) is 8.63. The van der Waals surface area contributed by atoms with Crippen LogP contribution in [0.15, 0.2) is 30.3 Å². The second kappa shape index (κ2) is 4.50. The summed E-state index contributed by atoms with van der Waals surface area (Å²) in [5, 5.41) is 0. The summed E-state index contributed by atoms with van der Waals surface area (Å²) in [4.78, 5) is 9.88. The topological polar surface area (TPSA) is 17.1 Å². The average Bonchev–Trinajstić information content (AvgIpc) is 1.90. The number of hydrogen-bond acceptors (Lipinski definition) is 1. The van der Waals surface area contributed by atoms with Crippen molar-refractivity contribution in [1.29, 1.82) is 0 Å². The molecule has 1 rings (SSSR count). The van der Waals surface area contributed by atoms with E-state index in [0.717, 1.165) is 0 Å². The molecular formula is C7H5AuO. The molecule has 50 valence electrons. The fraction of sp³-hybridized carbons (Fsp3) is 0. The molecule has 9 heavy (non-hydrogen) atoms. The molecule has 0 heterocycles. The summed E-state index contributed by atoms with van der Waals surface area (Å²) in [5.41, 5.74) is 0.604. The summed E-state index contributed by atoms with van der Waals surface area (Å²) in [5.74, 6) is 0. The largest absolute Gasteiger partial charge is 1.00 e. The Hall–Kier alpha value is -0.370. The van der Waals surface area contributed by atoms with E-state index >= 15 is 0 Å². The summed E-state index contributed by atoms with van der Waals surface area (Å²) in [7, 11) is 0. The molecule has 0 aliphatic rings. The van der Waals surface area contributed by atoms with Gasteiger partial charge in [0.1, 0.15) is 0 Å². The third-order valence-corrected chi connectivity index (χ3v) is 0.892. The van der Waals surface area contributed by atoms with Gasteiger partial charge in [0, 0.05) is 0 Å². The van der Waals surface area contributed by atoms with Crippen LogP contribution in [0.1, 0.15) is 5.56 Å². The number of carbonyl (C=O) groups excluding carboxylic acids is 1. The number of benzene rings is 1. The molecule has 1 aromatic rings. The average molecular weight is 302 g/mol. The van der Waals surface area contributed by atoms with Crippen LogP contribution in [0.2, 0.25) is 0 Å². The van der Waals surface area contributed by atoms with Gasteiger partial charge in [0.05, 0.1) is 6.29 Å². The monoisotopic (exact) mass is 302 g/mol. The van der Waals surface area contributed by atoms with E-state index in [4.69, 9.17) is 0 Å². The smallest absolute Gasteiger partial charge is 0.376 e. The molecule has 0 bridgehead atoms. The van der Waals surface area contributed by atoms with Crippen molar-refractivity contribution >= 4 is 6.29 Å². The molecule has 0 fully saturated rings.